The molecule has 0 radical (unpaired) electrons. The number of hydrogen-bond donors (Lipinski definition) is 0. The van der Waals surface area contributed by atoms with Crippen molar-refractivity contribution >= 4 is 34.0 Å². The van der Waals surface area contributed by atoms with Crippen LogP contribution in [0.3, 0.4) is 0 Å². The number of aryl methyl sites for hydroxylation is 1. The summed E-state index contributed by atoms with van der Waals surface area (Å²) in [5.74, 6) is 1.26. The third-order valence-corrected chi connectivity index (χ3v) is 4.65. The van der Waals surface area contributed by atoms with Crippen LogP contribution >= 0.6 is 22.9 Å². The van der Waals surface area contributed by atoms with Crippen molar-refractivity contribution in [2.75, 3.05) is 5.88 Å². The zero-order valence-electron chi connectivity index (χ0n) is 11.6. The number of thiazole rings is 1. The average Bonchev–Trinajstić information content (AvgIpc) is 3.10. The number of nitrogens with zero attached hydrogens (tertiary/aromatic N) is 3. The quantitative estimate of drug-likeness (QED) is 0.658. The second kappa shape index (κ2) is 6.12. The van der Waals surface area contributed by atoms with Gasteiger partial charge in [0, 0.05) is 36.3 Å². The first kappa shape index (κ1) is 14.5. The summed E-state index contributed by atoms with van der Waals surface area (Å²) in [6.45, 7) is 2.84. The lowest BCUT2D eigenvalue weighted by atomic mass is 10.2. The fraction of sp³-hybridized carbons (Fsp3) is 0.333. The lowest BCUT2D eigenvalue weighted by Gasteiger charge is -2.13. The molecule has 0 spiro atoms. The molecule has 0 saturated carbocycles. The first-order valence-electron chi connectivity index (χ1n) is 6.79. The molecule has 21 heavy (non-hydrogen) atoms. The molecule has 6 heteroatoms. The number of hydrogen-bond acceptors (Lipinski definition) is 3. The van der Waals surface area contributed by atoms with E-state index in [1.807, 2.05) is 17.6 Å². The zero-order chi connectivity index (χ0) is 14.8. The van der Waals surface area contributed by atoms with Crippen LogP contribution in [0.1, 0.15) is 23.7 Å². The largest absolute Gasteiger partial charge is 0.327 e. The lowest BCUT2D eigenvalue weighted by molar-refractivity contribution is 0.586. The van der Waals surface area contributed by atoms with Gasteiger partial charge in [-0.2, -0.15) is 0 Å². The molecule has 0 bridgehead atoms. The van der Waals surface area contributed by atoms with Crippen molar-refractivity contribution in [3.8, 4) is 0 Å². The summed E-state index contributed by atoms with van der Waals surface area (Å²) in [5.41, 5.74) is 1.24. The Morgan fingerprint density at radius 1 is 1.43 bits per heavy atom. The zero-order valence-corrected chi connectivity index (χ0v) is 13.2. The number of imidazole rings is 1. The molecule has 0 aliphatic rings. The van der Waals surface area contributed by atoms with Crippen LogP contribution in [0, 0.1) is 5.82 Å². The number of alkyl halides is 1. The van der Waals surface area contributed by atoms with Gasteiger partial charge in [0.15, 0.2) is 5.82 Å². The Hall–Kier alpha value is -1.46. The molecule has 0 N–H and O–H groups in total. The van der Waals surface area contributed by atoms with E-state index in [0.29, 0.717) is 17.8 Å². The van der Waals surface area contributed by atoms with Crippen molar-refractivity contribution in [3.05, 3.63) is 46.4 Å². The van der Waals surface area contributed by atoms with Crippen LogP contribution in [0.5, 0.6) is 0 Å². The van der Waals surface area contributed by atoms with Gasteiger partial charge in [-0.1, -0.05) is 13.0 Å². The minimum absolute atomic E-state index is 0.250. The molecule has 0 amide bonds. The highest BCUT2D eigenvalue weighted by atomic mass is 35.5. The summed E-state index contributed by atoms with van der Waals surface area (Å²) < 4.78 is 16.0. The smallest absolute Gasteiger partial charge is 0.151 e. The maximum atomic E-state index is 13.9. The van der Waals surface area contributed by atoms with Gasteiger partial charge >= 0.3 is 0 Å². The second-order valence-corrected chi connectivity index (χ2v) is 6.26. The van der Waals surface area contributed by atoms with Crippen molar-refractivity contribution in [1.29, 1.82) is 0 Å². The molecule has 110 valence electrons. The van der Waals surface area contributed by atoms with Crippen molar-refractivity contribution in [3.63, 3.8) is 0 Å². The maximum Gasteiger partial charge on any atom is 0.151 e. The third-order valence-electron chi connectivity index (χ3n) is 3.46. The Morgan fingerprint density at radius 3 is 3.00 bits per heavy atom. The monoisotopic (exact) mass is 323 g/mol. The normalized spacial score (nSPS) is 12.9. The number of aromatic nitrogens is 3. The van der Waals surface area contributed by atoms with Crippen LogP contribution in [0.25, 0.3) is 11.0 Å². The molecule has 0 aliphatic heterocycles. The highest BCUT2D eigenvalue weighted by Crippen LogP contribution is 2.25. The minimum Gasteiger partial charge on any atom is -0.327 e. The van der Waals surface area contributed by atoms with Crippen LogP contribution in [0.15, 0.2) is 29.8 Å². The van der Waals surface area contributed by atoms with Crippen LogP contribution in [0.2, 0.25) is 0 Å². The van der Waals surface area contributed by atoms with E-state index in [9.17, 15) is 4.39 Å². The Bertz CT molecular complexity index is 739. The SMILES string of the molecule is CC(Cn1c(CCCl)nc2c(F)cccc21)c1nccs1. The summed E-state index contributed by atoms with van der Waals surface area (Å²) in [6, 6.07) is 5.06. The highest BCUT2D eigenvalue weighted by molar-refractivity contribution is 7.09. The fourth-order valence-corrected chi connectivity index (χ4v) is 3.33. The molecular formula is C15H15ClFN3S. The summed E-state index contributed by atoms with van der Waals surface area (Å²) in [7, 11) is 0. The molecule has 3 rings (SSSR count). The molecule has 0 fully saturated rings. The Kier molecular flexibility index (Phi) is 4.22. The third kappa shape index (κ3) is 2.80. The molecule has 1 aromatic carbocycles. The Labute approximate surface area is 131 Å². The average molecular weight is 324 g/mol. The molecule has 3 nitrogen and oxygen atoms in total. The van der Waals surface area contributed by atoms with E-state index in [-0.39, 0.29) is 11.7 Å². The maximum absolute atomic E-state index is 13.9. The van der Waals surface area contributed by atoms with E-state index in [0.717, 1.165) is 22.9 Å². The summed E-state index contributed by atoms with van der Waals surface area (Å²) in [4.78, 5) is 8.78. The van der Waals surface area contributed by atoms with E-state index in [1.54, 1.807) is 17.4 Å². The first-order chi connectivity index (χ1) is 10.2. The van der Waals surface area contributed by atoms with Gasteiger partial charge in [0.2, 0.25) is 0 Å². The van der Waals surface area contributed by atoms with Crippen molar-refractivity contribution in [1.82, 2.24) is 14.5 Å². The van der Waals surface area contributed by atoms with E-state index in [1.165, 1.54) is 6.07 Å². The Morgan fingerprint density at radius 2 is 2.29 bits per heavy atom. The first-order valence-corrected chi connectivity index (χ1v) is 8.21. The van der Waals surface area contributed by atoms with E-state index in [2.05, 4.69) is 21.5 Å². The number of para-hydroxylation sites is 1. The molecule has 1 atom stereocenters. The predicted molar refractivity (Wildman–Crippen MR) is 84.6 cm³/mol. The van der Waals surface area contributed by atoms with Crippen molar-refractivity contribution in [2.45, 2.75) is 25.8 Å². The van der Waals surface area contributed by atoms with Gasteiger partial charge in [-0.15, -0.1) is 22.9 Å². The molecular weight excluding hydrogens is 309 g/mol. The van der Waals surface area contributed by atoms with Gasteiger partial charge in [-0.05, 0) is 12.1 Å². The van der Waals surface area contributed by atoms with E-state index < -0.39 is 0 Å². The van der Waals surface area contributed by atoms with Crippen LogP contribution < -0.4 is 0 Å². The van der Waals surface area contributed by atoms with Gasteiger partial charge in [0.05, 0.1) is 10.5 Å². The van der Waals surface area contributed by atoms with Crippen molar-refractivity contribution < 1.29 is 4.39 Å². The summed E-state index contributed by atoms with van der Waals surface area (Å²) >= 11 is 7.49. The Balaban J connectivity index is 2.03. The number of halogens is 2. The molecule has 2 heterocycles. The molecule has 3 aromatic rings. The summed E-state index contributed by atoms with van der Waals surface area (Å²) in [6.07, 6.45) is 2.43. The van der Waals surface area contributed by atoms with Crippen LogP contribution in [-0.2, 0) is 13.0 Å². The van der Waals surface area contributed by atoms with E-state index in [4.69, 9.17) is 11.6 Å². The minimum atomic E-state index is -0.288. The molecule has 1 unspecified atom stereocenters. The van der Waals surface area contributed by atoms with Gasteiger partial charge in [-0.25, -0.2) is 14.4 Å². The second-order valence-electron chi connectivity index (χ2n) is 4.96. The van der Waals surface area contributed by atoms with Gasteiger partial charge in [0.1, 0.15) is 11.3 Å². The topological polar surface area (TPSA) is 30.7 Å². The standard InChI is InChI=1S/C15H15ClFN3S/c1-10(15-18-7-8-21-15)9-20-12-4-2-3-11(17)14(12)19-13(20)5-6-16/h2-4,7-8,10H,5-6,9H2,1H3. The molecule has 2 aromatic heterocycles. The fourth-order valence-electron chi connectivity index (χ4n) is 2.47. The predicted octanol–water partition coefficient (Wildman–Crippen LogP) is 4.22. The van der Waals surface area contributed by atoms with Gasteiger partial charge < -0.3 is 4.57 Å². The van der Waals surface area contributed by atoms with E-state index >= 15 is 0 Å². The number of benzene rings is 1. The number of fused-ring (bicyclic) bond motifs is 1. The van der Waals surface area contributed by atoms with Gasteiger partial charge in [0.25, 0.3) is 0 Å². The van der Waals surface area contributed by atoms with Crippen LogP contribution in [0.4, 0.5) is 4.39 Å². The van der Waals surface area contributed by atoms with Crippen LogP contribution in [-0.4, -0.2) is 20.4 Å². The summed E-state index contributed by atoms with van der Waals surface area (Å²) in [5, 5.41) is 3.04. The molecule has 0 saturated heterocycles. The highest BCUT2D eigenvalue weighted by Gasteiger charge is 2.17. The lowest BCUT2D eigenvalue weighted by Crippen LogP contribution is -2.10. The van der Waals surface area contributed by atoms with Crippen molar-refractivity contribution in [2.24, 2.45) is 0 Å². The van der Waals surface area contributed by atoms with Gasteiger partial charge in [-0.3, -0.25) is 0 Å². The number of rotatable bonds is 5. The molecule has 0 aliphatic carbocycles.